The number of Topliss-reactive ketones (excluding diaryl/α,β-unsaturated/α-hetero) is 1. The summed E-state index contributed by atoms with van der Waals surface area (Å²) >= 11 is 1.39. The molecule has 1 aliphatic rings. The van der Waals surface area contributed by atoms with Gasteiger partial charge in [0.25, 0.3) is 5.78 Å². The lowest BCUT2D eigenvalue weighted by Gasteiger charge is -2.29. The zero-order chi connectivity index (χ0) is 16.7. The van der Waals surface area contributed by atoms with Crippen LogP contribution in [0.15, 0.2) is 59.2 Å². The maximum Gasteiger partial charge on any atom is 0.454 e. The molecular formula is C17H13F3O2S. The monoisotopic (exact) mass is 338 g/mol. The molecule has 2 aromatic rings. The SMILES string of the molecule is CC1=C(C(=O)C(F)(F)F)CC(c2ccccc2)(c2cccs2)O1. The summed E-state index contributed by atoms with van der Waals surface area (Å²) in [6.07, 6.45) is -5.02. The van der Waals surface area contributed by atoms with Crippen molar-refractivity contribution >= 4 is 17.1 Å². The predicted octanol–water partition coefficient (Wildman–Crippen LogP) is 4.82. The summed E-state index contributed by atoms with van der Waals surface area (Å²) in [4.78, 5) is 12.5. The highest BCUT2D eigenvalue weighted by molar-refractivity contribution is 7.10. The summed E-state index contributed by atoms with van der Waals surface area (Å²) < 4.78 is 44.4. The van der Waals surface area contributed by atoms with Crippen LogP contribution in [0.2, 0.25) is 0 Å². The second kappa shape index (κ2) is 5.53. The number of benzene rings is 1. The highest BCUT2D eigenvalue weighted by atomic mass is 32.1. The van der Waals surface area contributed by atoms with Crippen LogP contribution < -0.4 is 0 Å². The van der Waals surface area contributed by atoms with Crippen molar-refractivity contribution in [2.45, 2.75) is 25.1 Å². The fraction of sp³-hybridized carbons (Fsp3) is 0.235. The Labute approximate surface area is 135 Å². The van der Waals surface area contributed by atoms with Crippen molar-refractivity contribution in [1.29, 1.82) is 0 Å². The maximum atomic E-state index is 12.8. The highest BCUT2D eigenvalue weighted by Crippen LogP contribution is 2.49. The van der Waals surface area contributed by atoms with Crippen molar-refractivity contribution in [2.75, 3.05) is 0 Å². The van der Waals surface area contributed by atoms with Crippen LogP contribution in [-0.2, 0) is 15.1 Å². The number of allylic oxidation sites excluding steroid dienone is 1. The minimum atomic E-state index is -4.90. The van der Waals surface area contributed by atoms with Crippen LogP contribution in [-0.4, -0.2) is 12.0 Å². The number of ketones is 1. The molecule has 1 atom stereocenters. The molecule has 0 radical (unpaired) electrons. The third kappa shape index (κ3) is 2.67. The molecule has 1 aromatic carbocycles. The van der Waals surface area contributed by atoms with Gasteiger partial charge in [-0.15, -0.1) is 11.3 Å². The van der Waals surface area contributed by atoms with Crippen molar-refractivity contribution < 1.29 is 22.7 Å². The summed E-state index contributed by atoms with van der Waals surface area (Å²) in [7, 11) is 0. The highest BCUT2D eigenvalue weighted by Gasteiger charge is 2.51. The van der Waals surface area contributed by atoms with Gasteiger partial charge in [0.1, 0.15) is 5.76 Å². The van der Waals surface area contributed by atoms with E-state index in [1.807, 2.05) is 23.6 Å². The van der Waals surface area contributed by atoms with Crippen molar-refractivity contribution in [3.63, 3.8) is 0 Å². The Kier molecular flexibility index (Phi) is 3.80. The molecule has 3 rings (SSSR count). The molecule has 6 heteroatoms. The minimum absolute atomic E-state index is 0.0320. The fourth-order valence-electron chi connectivity index (χ4n) is 2.80. The van der Waals surface area contributed by atoms with Crippen molar-refractivity contribution in [2.24, 2.45) is 0 Å². The Morgan fingerprint density at radius 1 is 1.17 bits per heavy atom. The van der Waals surface area contributed by atoms with Gasteiger partial charge in [-0.2, -0.15) is 13.2 Å². The van der Waals surface area contributed by atoms with Crippen molar-refractivity contribution in [1.82, 2.24) is 0 Å². The number of thiophene rings is 1. The Balaban J connectivity index is 2.07. The quantitative estimate of drug-likeness (QED) is 0.802. The standard InChI is InChI=1S/C17H13F3O2S/c1-11-13(15(21)17(18,19)20)10-16(22-11,14-8-5-9-23-14)12-6-3-2-4-7-12/h2-9H,10H2,1H3. The molecular weight excluding hydrogens is 325 g/mol. The number of carbonyl (C=O) groups is 1. The summed E-state index contributed by atoms with van der Waals surface area (Å²) in [5, 5.41) is 1.84. The van der Waals surface area contributed by atoms with Crippen LogP contribution in [0.3, 0.4) is 0 Å². The lowest BCUT2D eigenvalue weighted by atomic mass is 9.86. The third-order valence-corrected chi connectivity index (χ3v) is 4.88. The number of hydrogen-bond acceptors (Lipinski definition) is 3. The van der Waals surface area contributed by atoms with E-state index < -0.39 is 17.6 Å². The van der Waals surface area contributed by atoms with Crippen molar-refractivity contribution in [3.05, 3.63) is 69.6 Å². The van der Waals surface area contributed by atoms with Gasteiger partial charge in [0.2, 0.25) is 0 Å². The molecule has 0 fully saturated rings. The molecule has 0 spiro atoms. The molecule has 2 heterocycles. The van der Waals surface area contributed by atoms with Gasteiger partial charge in [-0.1, -0.05) is 36.4 Å². The molecule has 0 bridgehead atoms. The smallest absolute Gasteiger partial charge is 0.454 e. The van der Waals surface area contributed by atoms with E-state index in [4.69, 9.17) is 4.74 Å². The topological polar surface area (TPSA) is 26.3 Å². The first-order valence-electron chi connectivity index (χ1n) is 6.94. The summed E-state index contributed by atoms with van der Waals surface area (Å²) in [5.74, 6) is -1.80. The van der Waals surface area contributed by atoms with Gasteiger partial charge in [0.05, 0.1) is 4.88 Å². The van der Waals surface area contributed by atoms with Crippen LogP contribution in [0.5, 0.6) is 0 Å². The molecule has 0 aliphatic carbocycles. The molecule has 0 N–H and O–H groups in total. The maximum absolute atomic E-state index is 12.8. The first kappa shape index (κ1) is 15.8. The zero-order valence-electron chi connectivity index (χ0n) is 12.2. The lowest BCUT2D eigenvalue weighted by Crippen LogP contribution is -2.29. The average Bonchev–Trinajstić information content (AvgIpc) is 3.15. The molecule has 23 heavy (non-hydrogen) atoms. The molecule has 120 valence electrons. The molecule has 1 unspecified atom stereocenters. The second-order valence-corrected chi connectivity index (χ2v) is 6.26. The van der Waals surface area contributed by atoms with Gasteiger partial charge >= 0.3 is 6.18 Å². The average molecular weight is 338 g/mol. The Morgan fingerprint density at radius 2 is 1.87 bits per heavy atom. The van der Waals surface area contributed by atoms with E-state index in [1.54, 1.807) is 24.3 Å². The minimum Gasteiger partial charge on any atom is -0.481 e. The van der Waals surface area contributed by atoms with Crippen LogP contribution in [0.1, 0.15) is 23.8 Å². The summed E-state index contributed by atoms with van der Waals surface area (Å²) in [6, 6.07) is 12.6. The molecule has 2 nitrogen and oxygen atoms in total. The largest absolute Gasteiger partial charge is 0.481 e. The molecule has 0 saturated heterocycles. The van der Waals surface area contributed by atoms with Crippen LogP contribution in [0.4, 0.5) is 13.2 Å². The Hall–Kier alpha value is -2.08. The molecule has 1 aromatic heterocycles. The Morgan fingerprint density at radius 3 is 2.43 bits per heavy atom. The number of carbonyl (C=O) groups excluding carboxylic acids is 1. The fourth-order valence-corrected chi connectivity index (χ4v) is 3.68. The number of halogens is 3. The summed E-state index contributed by atoms with van der Waals surface area (Å²) in [5.41, 5.74) is -0.656. The predicted molar refractivity (Wildman–Crippen MR) is 81.0 cm³/mol. The summed E-state index contributed by atoms with van der Waals surface area (Å²) in [6.45, 7) is 1.41. The molecule has 0 amide bonds. The van der Waals surface area contributed by atoms with Gasteiger partial charge in [-0.05, 0) is 18.4 Å². The van der Waals surface area contributed by atoms with Gasteiger partial charge in [-0.25, -0.2) is 0 Å². The first-order chi connectivity index (χ1) is 10.8. The Bertz CT molecular complexity index is 748. The van der Waals surface area contributed by atoms with Gasteiger partial charge < -0.3 is 4.74 Å². The van der Waals surface area contributed by atoms with E-state index in [2.05, 4.69) is 0 Å². The van der Waals surface area contributed by atoms with Crippen LogP contribution >= 0.6 is 11.3 Å². The van der Waals surface area contributed by atoms with E-state index >= 15 is 0 Å². The van der Waals surface area contributed by atoms with Gasteiger partial charge in [0, 0.05) is 17.6 Å². The lowest BCUT2D eigenvalue weighted by molar-refractivity contribution is -0.166. The molecule has 1 aliphatic heterocycles. The van der Waals surface area contributed by atoms with E-state index in [9.17, 15) is 18.0 Å². The van der Waals surface area contributed by atoms with E-state index in [0.717, 1.165) is 10.4 Å². The number of alkyl halides is 3. The van der Waals surface area contributed by atoms with E-state index in [-0.39, 0.29) is 17.8 Å². The van der Waals surface area contributed by atoms with E-state index in [1.165, 1.54) is 18.3 Å². The van der Waals surface area contributed by atoms with E-state index in [0.29, 0.717) is 0 Å². The van der Waals surface area contributed by atoms with Crippen LogP contribution in [0.25, 0.3) is 0 Å². The van der Waals surface area contributed by atoms with Gasteiger partial charge in [0.15, 0.2) is 5.60 Å². The normalized spacial score (nSPS) is 21.4. The van der Waals surface area contributed by atoms with Crippen LogP contribution in [0, 0.1) is 0 Å². The van der Waals surface area contributed by atoms with Crippen molar-refractivity contribution in [3.8, 4) is 0 Å². The first-order valence-corrected chi connectivity index (χ1v) is 7.82. The second-order valence-electron chi connectivity index (χ2n) is 5.31. The number of ether oxygens (including phenoxy) is 1. The van der Waals surface area contributed by atoms with Gasteiger partial charge in [-0.3, -0.25) is 4.79 Å². The number of rotatable bonds is 3. The zero-order valence-corrected chi connectivity index (χ0v) is 13.0. The number of hydrogen-bond donors (Lipinski definition) is 0. The third-order valence-electron chi connectivity index (χ3n) is 3.87. The molecule has 0 saturated carbocycles.